The minimum Gasteiger partial charge on any atom is -0.481 e. The van der Waals surface area contributed by atoms with Crippen molar-refractivity contribution in [2.75, 3.05) is 13.1 Å². The first-order valence-electron chi connectivity index (χ1n) is 18.0. The van der Waals surface area contributed by atoms with E-state index in [2.05, 4.69) is 39.1 Å². The second-order valence-electron chi connectivity index (χ2n) is 15.5. The van der Waals surface area contributed by atoms with E-state index in [1.807, 2.05) is 42.7 Å². The van der Waals surface area contributed by atoms with Crippen LogP contribution in [0.3, 0.4) is 0 Å². The van der Waals surface area contributed by atoms with Gasteiger partial charge in [0.25, 0.3) is 5.91 Å². The molecule has 1 unspecified atom stereocenters. The SMILES string of the molecule is CC1CCC(C2CC=C(c3cnc(-c4ccc(C[C@H](NC(=O)c5ccc(C(C)(C)C)s5)C(=O)N5CC[C@H](C(=O)O)C5)cc4)nc3)CC2)CC1. The number of hydrogen-bond donors (Lipinski definition) is 2. The summed E-state index contributed by atoms with van der Waals surface area (Å²) >= 11 is 1.43. The van der Waals surface area contributed by atoms with E-state index in [1.54, 1.807) is 11.0 Å². The Morgan fingerprint density at radius 2 is 1.65 bits per heavy atom. The lowest BCUT2D eigenvalue weighted by molar-refractivity contribution is -0.141. The first kappa shape index (κ1) is 35.0. The van der Waals surface area contributed by atoms with Crippen LogP contribution >= 0.6 is 11.3 Å². The standard InChI is InChI=1S/C40H50N4O4S/c1-25-5-9-27(10-6-25)28-13-15-29(16-14-28)32-22-41-36(42-23-32)30-11-7-26(8-12-30)21-33(38(46)44-20-19-31(24-44)39(47)48)43-37(45)34-17-18-35(49-34)40(2,3)4/h7-8,11-12,15,17-18,22-23,25,27-28,31,33H,5-6,9-10,13-14,16,19-21,24H2,1-4H3,(H,43,45)(H,47,48)/t25?,27?,28?,31-,33-/m0/s1. The number of carboxylic acid groups (broad SMARTS) is 1. The summed E-state index contributed by atoms with van der Waals surface area (Å²) in [5, 5.41) is 12.5. The van der Waals surface area contributed by atoms with E-state index in [-0.39, 0.29) is 30.2 Å². The van der Waals surface area contributed by atoms with Gasteiger partial charge >= 0.3 is 5.97 Å². The first-order chi connectivity index (χ1) is 23.4. The molecule has 2 fully saturated rings. The van der Waals surface area contributed by atoms with Crippen LogP contribution in [0.15, 0.2) is 54.9 Å². The molecule has 0 bridgehead atoms. The van der Waals surface area contributed by atoms with Crippen molar-refractivity contribution in [1.29, 1.82) is 0 Å². The summed E-state index contributed by atoms with van der Waals surface area (Å²) in [7, 11) is 0. The van der Waals surface area contributed by atoms with E-state index >= 15 is 0 Å². The summed E-state index contributed by atoms with van der Waals surface area (Å²) in [6, 6.07) is 10.7. The van der Waals surface area contributed by atoms with Gasteiger partial charge < -0.3 is 15.3 Å². The predicted octanol–water partition coefficient (Wildman–Crippen LogP) is 7.79. The van der Waals surface area contributed by atoms with Crippen molar-refractivity contribution < 1.29 is 19.5 Å². The Hall–Kier alpha value is -3.85. The van der Waals surface area contributed by atoms with Crippen molar-refractivity contribution in [2.24, 2.45) is 23.7 Å². The molecule has 3 aliphatic rings. The maximum absolute atomic E-state index is 13.7. The minimum absolute atomic E-state index is 0.0877. The molecule has 1 aromatic carbocycles. The number of nitrogens with one attached hydrogen (secondary N) is 1. The smallest absolute Gasteiger partial charge is 0.308 e. The van der Waals surface area contributed by atoms with E-state index < -0.39 is 17.9 Å². The van der Waals surface area contributed by atoms with Crippen LogP contribution in [0.5, 0.6) is 0 Å². The Morgan fingerprint density at radius 1 is 0.939 bits per heavy atom. The van der Waals surface area contributed by atoms with Crippen molar-refractivity contribution in [1.82, 2.24) is 20.2 Å². The topological polar surface area (TPSA) is 112 Å². The maximum atomic E-state index is 13.7. The van der Waals surface area contributed by atoms with Crippen molar-refractivity contribution in [3.8, 4) is 11.4 Å². The lowest BCUT2D eigenvalue weighted by atomic mass is 9.71. The van der Waals surface area contributed by atoms with Crippen molar-refractivity contribution in [3.05, 3.63) is 75.7 Å². The van der Waals surface area contributed by atoms with Crippen molar-refractivity contribution >= 4 is 34.7 Å². The van der Waals surface area contributed by atoms with Gasteiger partial charge in [0.1, 0.15) is 6.04 Å². The molecule has 2 aliphatic carbocycles. The van der Waals surface area contributed by atoms with Crippen LogP contribution in [0, 0.1) is 23.7 Å². The maximum Gasteiger partial charge on any atom is 0.308 e. The lowest BCUT2D eigenvalue weighted by Crippen LogP contribution is -2.49. The molecule has 2 amide bonds. The third-order valence-electron chi connectivity index (χ3n) is 10.9. The number of amides is 2. The van der Waals surface area contributed by atoms with Gasteiger partial charge in [0.05, 0.1) is 10.8 Å². The number of allylic oxidation sites excluding steroid dienone is 2. The van der Waals surface area contributed by atoms with Gasteiger partial charge in [0, 0.05) is 47.9 Å². The number of aliphatic carboxylic acids is 1. The summed E-state index contributed by atoms with van der Waals surface area (Å²) in [6.45, 7) is 9.20. The Balaban J connectivity index is 1.11. The lowest BCUT2D eigenvalue weighted by Gasteiger charge is -2.34. The fraction of sp³-hybridized carbons (Fsp3) is 0.525. The highest BCUT2D eigenvalue weighted by Gasteiger charge is 2.35. The van der Waals surface area contributed by atoms with Crippen LogP contribution < -0.4 is 5.32 Å². The predicted molar refractivity (Wildman–Crippen MR) is 194 cm³/mol. The van der Waals surface area contributed by atoms with E-state index in [0.29, 0.717) is 23.7 Å². The molecule has 2 N–H and O–H groups in total. The molecule has 3 atom stereocenters. The third-order valence-corrected chi connectivity index (χ3v) is 12.4. The molecule has 49 heavy (non-hydrogen) atoms. The number of carboxylic acids is 1. The number of carbonyl (C=O) groups is 3. The molecule has 1 saturated heterocycles. The van der Waals surface area contributed by atoms with Crippen molar-refractivity contribution in [3.63, 3.8) is 0 Å². The summed E-state index contributed by atoms with van der Waals surface area (Å²) in [4.78, 5) is 51.3. The number of hydrogen-bond acceptors (Lipinski definition) is 6. The molecule has 3 heterocycles. The summed E-state index contributed by atoms with van der Waals surface area (Å²) < 4.78 is 0. The Labute approximate surface area is 294 Å². The molecule has 3 aromatic rings. The number of likely N-dealkylation sites (tertiary alicyclic amines) is 1. The Kier molecular flexibility index (Phi) is 10.7. The number of nitrogens with zero attached hydrogens (tertiary/aromatic N) is 3. The molecule has 0 radical (unpaired) electrons. The highest BCUT2D eigenvalue weighted by Crippen LogP contribution is 2.41. The number of aromatic nitrogens is 2. The van der Waals surface area contributed by atoms with E-state index in [0.717, 1.165) is 52.2 Å². The number of benzene rings is 1. The molecule has 260 valence electrons. The second-order valence-corrected chi connectivity index (χ2v) is 16.6. The molecular weight excluding hydrogens is 633 g/mol. The molecular formula is C40H50N4O4S. The van der Waals surface area contributed by atoms with Gasteiger partial charge in [0.2, 0.25) is 5.91 Å². The highest BCUT2D eigenvalue weighted by atomic mass is 32.1. The molecule has 1 saturated carbocycles. The Bertz CT molecular complexity index is 1670. The van der Waals surface area contributed by atoms with Crippen LogP contribution in [0.4, 0.5) is 0 Å². The average Bonchev–Trinajstić information content (AvgIpc) is 3.81. The summed E-state index contributed by atoms with van der Waals surface area (Å²) in [5.74, 6) is 1.18. The van der Waals surface area contributed by atoms with Crippen LogP contribution in [-0.2, 0) is 21.4 Å². The van der Waals surface area contributed by atoms with Gasteiger partial charge in [0.15, 0.2) is 5.82 Å². The Morgan fingerprint density at radius 3 is 2.24 bits per heavy atom. The van der Waals surface area contributed by atoms with Gasteiger partial charge in [-0.05, 0) is 85.0 Å². The molecule has 9 heteroatoms. The normalized spacial score (nSPS) is 23.5. The van der Waals surface area contributed by atoms with Crippen LogP contribution in [0.1, 0.15) is 105 Å². The second kappa shape index (κ2) is 15.0. The molecule has 0 spiro atoms. The van der Waals surface area contributed by atoms with Gasteiger partial charge in [-0.3, -0.25) is 14.4 Å². The van der Waals surface area contributed by atoms with E-state index in [1.165, 1.54) is 49.0 Å². The summed E-state index contributed by atoms with van der Waals surface area (Å²) in [6.07, 6.45) is 16.0. The molecule has 1 aliphatic heterocycles. The monoisotopic (exact) mass is 682 g/mol. The van der Waals surface area contributed by atoms with Crippen LogP contribution in [0.2, 0.25) is 0 Å². The van der Waals surface area contributed by atoms with E-state index in [4.69, 9.17) is 9.97 Å². The average molecular weight is 683 g/mol. The van der Waals surface area contributed by atoms with Crippen molar-refractivity contribution in [2.45, 2.75) is 96.9 Å². The molecule has 2 aromatic heterocycles. The number of carbonyl (C=O) groups excluding carboxylic acids is 2. The van der Waals surface area contributed by atoms with Crippen LogP contribution in [-0.4, -0.2) is 56.9 Å². The zero-order chi connectivity index (χ0) is 34.7. The first-order valence-corrected chi connectivity index (χ1v) is 18.8. The fourth-order valence-corrected chi connectivity index (χ4v) is 8.61. The number of thiophene rings is 1. The fourth-order valence-electron chi connectivity index (χ4n) is 7.65. The minimum atomic E-state index is -0.900. The summed E-state index contributed by atoms with van der Waals surface area (Å²) in [5.41, 5.74) is 4.12. The third kappa shape index (κ3) is 8.48. The van der Waals surface area contributed by atoms with Crippen LogP contribution in [0.25, 0.3) is 17.0 Å². The van der Waals surface area contributed by atoms with E-state index in [9.17, 15) is 19.5 Å². The van der Waals surface area contributed by atoms with Gasteiger partial charge in [-0.2, -0.15) is 0 Å². The van der Waals surface area contributed by atoms with Gasteiger partial charge in [-0.15, -0.1) is 11.3 Å². The molecule has 6 rings (SSSR count). The molecule has 8 nitrogen and oxygen atoms in total. The highest BCUT2D eigenvalue weighted by molar-refractivity contribution is 7.14. The van der Waals surface area contributed by atoms with Gasteiger partial charge in [-0.1, -0.05) is 70.9 Å². The zero-order valence-corrected chi connectivity index (χ0v) is 30.1. The number of rotatable bonds is 9. The quantitative estimate of drug-likeness (QED) is 0.238. The largest absolute Gasteiger partial charge is 0.481 e. The van der Waals surface area contributed by atoms with Gasteiger partial charge in [-0.25, -0.2) is 9.97 Å². The zero-order valence-electron chi connectivity index (χ0n) is 29.3.